The zero-order valence-corrected chi connectivity index (χ0v) is 13.1. The molecule has 4 nitrogen and oxygen atoms in total. The van der Waals surface area contributed by atoms with E-state index in [1.807, 2.05) is 26.0 Å². The molecule has 3 rings (SSSR count). The Morgan fingerprint density at radius 3 is 2.67 bits per heavy atom. The lowest BCUT2D eigenvalue weighted by molar-refractivity contribution is 0.324. The minimum Gasteiger partial charge on any atom is -0.494 e. The Labute approximate surface area is 127 Å². The van der Waals surface area contributed by atoms with E-state index in [1.165, 1.54) is 25.8 Å². The van der Waals surface area contributed by atoms with Crippen LogP contribution in [0.1, 0.15) is 33.1 Å². The second kappa shape index (κ2) is 6.56. The summed E-state index contributed by atoms with van der Waals surface area (Å²) in [7, 11) is 0. The minimum absolute atomic E-state index is 0.515. The van der Waals surface area contributed by atoms with Gasteiger partial charge in [-0.05, 0) is 45.2 Å². The average Bonchev–Trinajstić information content (AvgIpc) is 3.23. The lowest BCUT2D eigenvalue weighted by atomic mass is 10.2. The molecule has 1 aromatic carbocycles. The van der Waals surface area contributed by atoms with Crippen molar-refractivity contribution in [1.29, 1.82) is 0 Å². The first-order valence-electron chi connectivity index (χ1n) is 8.20. The van der Waals surface area contributed by atoms with E-state index in [0.717, 1.165) is 29.8 Å². The second-order valence-electron chi connectivity index (χ2n) is 5.88. The molecule has 2 fully saturated rings. The number of ether oxygens (including phenoxy) is 2. The van der Waals surface area contributed by atoms with Gasteiger partial charge in [0.05, 0.1) is 18.9 Å². The molecule has 0 radical (unpaired) electrons. The molecular weight excluding hydrogens is 264 g/mol. The summed E-state index contributed by atoms with van der Waals surface area (Å²) in [5, 5.41) is 3.66. The van der Waals surface area contributed by atoms with Gasteiger partial charge in [-0.25, -0.2) is 0 Å². The van der Waals surface area contributed by atoms with Gasteiger partial charge in [0, 0.05) is 31.2 Å². The van der Waals surface area contributed by atoms with Gasteiger partial charge in [0.25, 0.3) is 0 Å². The summed E-state index contributed by atoms with van der Waals surface area (Å²) < 4.78 is 11.3. The van der Waals surface area contributed by atoms with Crippen LogP contribution >= 0.6 is 0 Å². The van der Waals surface area contributed by atoms with Gasteiger partial charge < -0.3 is 14.8 Å². The molecule has 1 heterocycles. The molecule has 1 aliphatic heterocycles. The standard InChI is InChI=1S/C17H26N2O2/c1-3-20-15-7-8-17(21-4-2)16(11-15)18-13-9-10-19(12-13)14-5-6-14/h7-8,11,13-14,18H,3-6,9-10,12H2,1-2H3. The largest absolute Gasteiger partial charge is 0.494 e. The van der Waals surface area contributed by atoms with Gasteiger partial charge in [0.2, 0.25) is 0 Å². The van der Waals surface area contributed by atoms with Crippen LogP contribution in [0.5, 0.6) is 11.5 Å². The van der Waals surface area contributed by atoms with E-state index < -0.39 is 0 Å². The molecule has 116 valence electrons. The Morgan fingerprint density at radius 2 is 1.95 bits per heavy atom. The van der Waals surface area contributed by atoms with Crippen molar-refractivity contribution in [3.63, 3.8) is 0 Å². The number of hydrogen-bond acceptors (Lipinski definition) is 4. The fourth-order valence-electron chi connectivity index (χ4n) is 3.06. The Kier molecular flexibility index (Phi) is 4.54. The number of hydrogen-bond donors (Lipinski definition) is 1. The maximum Gasteiger partial charge on any atom is 0.142 e. The van der Waals surface area contributed by atoms with Crippen molar-refractivity contribution in [2.45, 2.75) is 45.2 Å². The number of likely N-dealkylation sites (tertiary alicyclic amines) is 1. The van der Waals surface area contributed by atoms with E-state index >= 15 is 0 Å². The molecule has 1 N–H and O–H groups in total. The third kappa shape index (κ3) is 3.62. The first kappa shape index (κ1) is 14.5. The second-order valence-corrected chi connectivity index (χ2v) is 5.88. The van der Waals surface area contributed by atoms with Gasteiger partial charge >= 0.3 is 0 Å². The van der Waals surface area contributed by atoms with Crippen molar-refractivity contribution >= 4 is 5.69 Å². The van der Waals surface area contributed by atoms with Crippen molar-refractivity contribution < 1.29 is 9.47 Å². The molecule has 0 bridgehead atoms. The van der Waals surface area contributed by atoms with E-state index in [-0.39, 0.29) is 0 Å². The average molecular weight is 290 g/mol. The first-order chi connectivity index (χ1) is 10.3. The fraction of sp³-hybridized carbons (Fsp3) is 0.647. The predicted octanol–water partition coefficient (Wildman–Crippen LogP) is 3.13. The van der Waals surface area contributed by atoms with Crippen molar-refractivity contribution in [2.24, 2.45) is 0 Å². The van der Waals surface area contributed by atoms with Crippen LogP contribution in [0.15, 0.2) is 18.2 Å². The monoisotopic (exact) mass is 290 g/mol. The summed E-state index contributed by atoms with van der Waals surface area (Å²) in [5.41, 5.74) is 1.06. The highest BCUT2D eigenvalue weighted by atomic mass is 16.5. The summed E-state index contributed by atoms with van der Waals surface area (Å²) in [6.45, 7) is 7.76. The quantitative estimate of drug-likeness (QED) is 0.836. The molecule has 1 saturated carbocycles. The summed E-state index contributed by atoms with van der Waals surface area (Å²) in [6, 6.07) is 7.42. The van der Waals surface area contributed by atoms with Crippen molar-refractivity contribution in [2.75, 3.05) is 31.6 Å². The third-order valence-electron chi connectivity index (χ3n) is 4.20. The summed E-state index contributed by atoms with van der Waals surface area (Å²) >= 11 is 0. The highest BCUT2D eigenvalue weighted by Gasteiger charge is 2.34. The molecule has 1 aromatic rings. The van der Waals surface area contributed by atoms with Gasteiger partial charge in [-0.3, -0.25) is 4.90 Å². The highest BCUT2D eigenvalue weighted by molar-refractivity contribution is 5.60. The first-order valence-corrected chi connectivity index (χ1v) is 8.20. The van der Waals surface area contributed by atoms with Crippen LogP contribution < -0.4 is 14.8 Å². The molecule has 1 saturated heterocycles. The zero-order chi connectivity index (χ0) is 14.7. The maximum absolute atomic E-state index is 5.74. The highest BCUT2D eigenvalue weighted by Crippen LogP contribution is 2.33. The Balaban J connectivity index is 1.68. The Morgan fingerprint density at radius 1 is 1.14 bits per heavy atom. The Hall–Kier alpha value is -1.42. The van der Waals surface area contributed by atoms with Gasteiger partial charge in [0.15, 0.2) is 0 Å². The molecule has 4 heteroatoms. The van der Waals surface area contributed by atoms with E-state index in [0.29, 0.717) is 19.3 Å². The van der Waals surface area contributed by atoms with Gasteiger partial charge in [0.1, 0.15) is 11.5 Å². The van der Waals surface area contributed by atoms with Crippen LogP contribution in [0, 0.1) is 0 Å². The molecule has 21 heavy (non-hydrogen) atoms. The number of anilines is 1. The third-order valence-corrected chi connectivity index (χ3v) is 4.20. The fourth-order valence-corrected chi connectivity index (χ4v) is 3.06. The molecule has 1 aliphatic carbocycles. The van der Waals surface area contributed by atoms with Crippen molar-refractivity contribution in [3.05, 3.63) is 18.2 Å². The minimum atomic E-state index is 0.515. The SMILES string of the molecule is CCOc1ccc(OCC)c(NC2CCN(C3CC3)C2)c1. The van der Waals surface area contributed by atoms with E-state index in [4.69, 9.17) is 9.47 Å². The van der Waals surface area contributed by atoms with Crippen LogP contribution in [-0.2, 0) is 0 Å². The summed E-state index contributed by atoms with van der Waals surface area (Å²) in [4.78, 5) is 2.62. The molecule has 0 aromatic heterocycles. The summed E-state index contributed by atoms with van der Waals surface area (Å²) in [6.07, 6.45) is 3.98. The Bertz CT molecular complexity index is 474. The van der Waals surface area contributed by atoms with Crippen LogP contribution in [0.2, 0.25) is 0 Å². The molecule has 1 unspecified atom stereocenters. The van der Waals surface area contributed by atoms with Crippen LogP contribution in [0.25, 0.3) is 0 Å². The molecule has 1 atom stereocenters. The van der Waals surface area contributed by atoms with Crippen LogP contribution in [0.4, 0.5) is 5.69 Å². The number of benzene rings is 1. The molecular formula is C17H26N2O2. The predicted molar refractivity (Wildman–Crippen MR) is 85.4 cm³/mol. The van der Waals surface area contributed by atoms with Gasteiger partial charge in [-0.15, -0.1) is 0 Å². The van der Waals surface area contributed by atoms with Crippen molar-refractivity contribution in [3.8, 4) is 11.5 Å². The van der Waals surface area contributed by atoms with Gasteiger partial charge in [-0.1, -0.05) is 0 Å². The lowest BCUT2D eigenvalue weighted by Gasteiger charge is -2.19. The summed E-state index contributed by atoms with van der Waals surface area (Å²) in [5.74, 6) is 1.83. The lowest BCUT2D eigenvalue weighted by Crippen LogP contribution is -2.27. The number of nitrogens with zero attached hydrogens (tertiary/aromatic N) is 1. The topological polar surface area (TPSA) is 33.7 Å². The van der Waals surface area contributed by atoms with Crippen molar-refractivity contribution in [1.82, 2.24) is 4.90 Å². The van der Waals surface area contributed by atoms with Gasteiger partial charge in [-0.2, -0.15) is 0 Å². The molecule has 0 spiro atoms. The van der Waals surface area contributed by atoms with E-state index in [1.54, 1.807) is 0 Å². The van der Waals surface area contributed by atoms with Crippen LogP contribution in [-0.4, -0.2) is 43.3 Å². The zero-order valence-electron chi connectivity index (χ0n) is 13.1. The smallest absolute Gasteiger partial charge is 0.142 e. The number of rotatable bonds is 7. The molecule has 2 aliphatic rings. The van der Waals surface area contributed by atoms with E-state index in [2.05, 4.69) is 16.3 Å². The number of nitrogens with one attached hydrogen (secondary N) is 1. The van der Waals surface area contributed by atoms with Crippen LogP contribution in [0.3, 0.4) is 0 Å². The van der Waals surface area contributed by atoms with E-state index in [9.17, 15) is 0 Å². The maximum atomic E-state index is 5.74. The normalized spacial score (nSPS) is 22.3. The molecule has 0 amide bonds.